The third-order valence-corrected chi connectivity index (χ3v) is 6.82. The summed E-state index contributed by atoms with van der Waals surface area (Å²) in [7, 11) is 0. The van der Waals surface area contributed by atoms with Crippen molar-refractivity contribution in [3.05, 3.63) is 95.7 Å². The van der Waals surface area contributed by atoms with Gasteiger partial charge in [-0.2, -0.15) is 0 Å². The molecule has 1 unspecified atom stereocenters. The van der Waals surface area contributed by atoms with Crippen LogP contribution < -0.4 is 10.1 Å². The molecule has 38 heavy (non-hydrogen) atoms. The molecule has 1 aromatic heterocycles. The largest absolute Gasteiger partial charge is 0.573 e. The average molecular weight is 520 g/mol. The molecule has 0 spiro atoms. The Bertz CT molecular complexity index is 1410. The SMILES string of the molecule is CCn1c(-c2ccccc2)nc(-c2ccc(OC(F)(F)F)cc2)c1C(=O)NC1CCCCc2ccccc21. The van der Waals surface area contributed by atoms with Crippen molar-refractivity contribution in [2.75, 3.05) is 0 Å². The van der Waals surface area contributed by atoms with E-state index in [0.717, 1.165) is 36.8 Å². The average Bonchev–Trinajstić information content (AvgIpc) is 3.19. The summed E-state index contributed by atoms with van der Waals surface area (Å²) in [5.74, 6) is 0.0134. The van der Waals surface area contributed by atoms with E-state index >= 15 is 0 Å². The van der Waals surface area contributed by atoms with Gasteiger partial charge in [-0.05, 0) is 61.6 Å². The summed E-state index contributed by atoms with van der Waals surface area (Å²) in [6.07, 6.45) is -0.925. The van der Waals surface area contributed by atoms with Gasteiger partial charge in [-0.15, -0.1) is 13.2 Å². The molecule has 1 N–H and O–H groups in total. The van der Waals surface area contributed by atoms with Gasteiger partial charge in [-0.1, -0.05) is 61.0 Å². The number of hydrogen-bond donors (Lipinski definition) is 1. The lowest BCUT2D eigenvalue weighted by molar-refractivity contribution is -0.274. The molecule has 5 nitrogen and oxygen atoms in total. The fraction of sp³-hybridized carbons (Fsp3) is 0.267. The molecular formula is C30H28F3N3O2. The highest BCUT2D eigenvalue weighted by Gasteiger charge is 2.31. The zero-order valence-corrected chi connectivity index (χ0v) is 21.0. The van der Waals surface area contributed by atoms with Gasteiger partial charge < -0.3 is 14.6 Å². The Morgan fingerprint density at radius 2 is 1.68 bits per heavy atom. The zero-order chi connectivity index (χ0) is 26.7. The van der Waals surface area contributed by atoms with Crippen LogP contribution in [0.25, 0.3) is 22.6 Å². The molecule has 1 heterocycles. The van der Waals surface area contributed by atoms with E-state index in [2.05, 4.69) is 22.2 Å². The summed E-state index contributed by atoms with van der Waals surface area (Å²) in [5.41, 5.74) is 4.51. The fourth-order valence-corrected chi connectivity index (χ4v) is 5.11. The van der Waals surface area contributed by atoms with Gasteiger partial charge in [0.15, 0.2) is 0 Å². The molecule has 0 radical (unpaired) electrons. The molecule has 0 saturated carbocycles. The number of fused-ring (bicyclic) bond motifs is 1. The minimum atomic E-state index is -4.79. The minimum absolute atomic E-state index is 0.142. The molecule has 3 aromatic carbocycles. The van der Waals surface area contributed by atoms with Crippen LogP contribution in [0.2, 0.25) is 0 Å². The molecule has 5 rings (SSSR count). The molecule has 0 aliphatic heterocycles. The van der Waals surface area contributed by atoms with E-state index < -0.39 is 6.36 Å². The van der Waals surface area contributed by atoms with Crippen LogP contribution in [0.1, 0.15) is 53.8 Å². The van der Waals surface area contributed by atoms with E-state index in [1.54, 1.807) is 0 Å². The topological polar surface area (TPSA) is 56.2 Å². The Morgan fingerprint density at radius 3 is 2.39 bits per heavy atom. The van der Waals surface area contributed by atoms with Crippen molar-refractivity contribution in [2.24, 2.45) is 0 Å². The normalized spacial score (nSPS) is 15.4. The van der Waals surface area contributed by atoms with Crippen LogP contribution in [0, 0.1) is 0 Å². The summed E-state index contributed by atoms with van der Waals surface area (Å²) >= 11 is 0. The van der Waals surface area contributed by atoms with Crippen molar-refractivity contribution < 1.29 is 22.7 Å². The van der Waals surface area contributed by atoms with E-state index in [-0.39, 0.29) is 17.7 Å². The molecule has 8 heteroatoms. The predicted octanol–water partition coefficient (Wildman–Crippen LogP) is 7.33. The van der Waals surface area contributed by atoms with Crippen LogP contribution in [0.15, 0.2) is 78.9 Å². The summed E-state index contributed by atoms with van der Waals surface area (Å²) in [6, 6.07) is 23.0. The summed E-state index contributed by atoms with van der Waals surface area (Å²) in [4.78, 5) is 18.8. The number of nitrogens with zero attached hydrogens (tertiary/aromatic N) is 2. The van der Waals surface area contributed by atoms with E-state index in [0.29, 0.717) is 29.3 Å². The smallest absolute Gasteiger partial charge is 0.406 e. The van der Waals surface area contributed by atoms with Crippen molar-refractivity contribution in [1.29, 1.82) is 0 Å². The van der Waals surface area contributed by atoms with Crippen LogP contribution in [0.3, 0.4) is 0 Å². The van der Waals surface area contributed by atoms with Crippen LogP contribution in [0.4, 0.5) is 13.2 Å². The number of aromatic nitrogens is 2. The standard InChI is InChI=1S/C30H28F3N3O2/c1-2-36-27(29(37)34-25-15-9-7-11-20-10-6-8-14-24(20)25)26(35-28(36)22-12-4-3-5-13-22)21-16-18-23(19-17-21)38-30(31,32)33/h3-6,8,10,12-14,16-19,25H,2,7,9,11,15H2,1H3,(H,34,37). The molecule has 1 aliphatic carbocycles. The molecule has 1 atom stereocenters. The third kappa shape index (κ3) is 5.44. The number of amides is 1. The molecule has 4 aromatic rings. The molecule has 1 aliphatic rings. The highest BCUT2D eigenvalue weighted by Crippen LogP contribution is 2.34. The highest BCUT2D eigenvalue weighted by molar-refractivity contribution is 6.00. The molecule has 0 bridgehead atoms. The van der Waals surface area contributed by atoms with E-state index in [4.69, 9.17) is 4.98 Å². The Labute approximate surface area is 219 Å². The van der Waals surface area contributed by atoms with Crippen LogP contribution >= 0.6 is 0 Å². The lowest BCUT2D eigenvalue weighted by atomic mass is 9.99. The molecule has 1 amide bonds. The van der Waals surface area contributed by atoms with Gasteiger partial charge in [-0.25, -0.2) is 4.98 Å². The Morgan fingerprint density at radius 1 is 0.974 bits per heavy atom. The summed E-state index contributed by atoms with van der Waals surface area (Å²) in [5, 5.41) is 3.25. The van der Waals surface area contributed by atoms with Crippen molar-refractivity contribution in [2.45, 2.75) is 51.6 Å². The van der Waals surface area contributed by atoms with E-state index in [1.807, 2.05) is 54.0 Å². The van der Waals surface area contributed by atoms with Crippen LogP contribution in [-0.2, 0) is 13.0 Å². The number of ether oxygens (including phenoxy) is 1. The first-order valence-electron chi connectivity index (χ1n) is 12.7. The first-order valence-corrected chi connectivity index (χ1v) is 12.7. The van der Waals surface area contributed by atoms with Gasteiger partial charge in [0.05, 0.1) is 6.04 Å². The van der Waals surface area contributed by atoms with Gasteiger partial charge in [0, 0.05) is 17.7 Å². The van der Waals surface area contributed by atoms with Gasteiger partial charge in [-0.3, -0.25) is 4.79 Å². The zero-order valence-electron chi connectivity index (χ0n) is 21.0. The van der Waals surface area contributed by atoms with Gasteiger partial charge in [0.2, 0.25) is 0 Å². The van der Waals surface area contributed by atoms with Gasteiger partial charge in [0.1, 0.15) is 23.0 Å². The summed E-state index contributed by atoms with van der Waals surface area (Å²) in [6.45, 7) is 2.42. The number of alkyl halides is 3. The number of carbonyl (C=O) groups is 1. The predicted molar refractivity (Wildman–Crippen MR) is 140 cm³/mol. The number of carbonyl (C=O) groups excluding carboxylic acids is 1. The van der Waals surface area contributed by atoms with Crippen LogP contribution in [-0.4, -0.2) is 21.8 Å². The lowest BCUT2D eigenvalue weighted by Gasteiger charge is -2.20. The molecule has 0 saturated heterocycles. The number of halogens is 3. The van der Waals surface area contributed by atoms with Crippen molar-refractivity contribution >= 4 is 5.91 Å². The number of hydrogen-bond acceptors (Lipinski definition) is 3. The number of nitrogens with one attached hydrogen (secondary N) is 1. The first-order chi connectivity index (χ1) is 18.3. The molecule has 0 fully saturated rings. The number of aryl methyl sites for hydroxylation is 1. The van der Waals surface area contributed by atoms with Crippen molar-refractivity contribution in [3.63, 3.8) is 0 Å². The Hall–Kier alpha value is -4.07. The first kappa shape index (κ1) is 25.6. The number of rotatable bonds is 6. The second-order valence-electron chi connectivity index (χ2n) is 9.29. The van der Waals surface area contributed by atoms with E-state index in [9.17, 15) is 18.0 Å². The molecule has 196 valence electrons. The second kappa shape index (κ2) is 10.7. The maximum absolute atomic E-state index is 14.0. The minimum Gasteiger partial charge on any atom is -0.406 e. The summed E-state index contributed by atoms with van der Waals surface area (Å²) < 4.78 is 44.0. The number of benzene rings is 3. The van der Waals surface area contributed by atoms with E-state index in [1.165, 1.54) is 29.8 Å². The third-order valence-electron chi connectivity index (χ3n) is 6.82. The van der Waals surface area contributed by atoms with Crippen molar-refractivity contribution in [3.8, 4) is 28.4 Å². The van der Waals surface area contributed by atoms with Gasteiger partial charge >= 0.3 is 6.36 Å². The quantitative estimate of drug-likeness (QED) is 0.271. The maximum Gasteiger partial charge on any atom is 0.573 e. The highest BCUT2D eigenvalue weighted by atomic mass is 19.4. The molecular weight excluding hydrogens is 491 g/mol. The Balaban J connectivity index is 1.57. The van der Waals surface area contributed by atoms with Crippen LogP contribution in [0.5, 0.6) is 5.75 Å². The van der Waals surface area contributed by atoms with Gasteiger partial charge in [0.25, 0.3) is 5.91 Å². The lowest BCUT2D eigenvalue weighted by Crippen LogP contribution is -2.31. The second-order valence-corrected chi connectivity index (χ2v) is 9.29. The number of imidazole rings is 1. The Kier molecular flexibility index (Phi) is 7.22. The maximum atomic E-state index is 14.0. The fourth-order valence-electron chi connectivity index (χ4n) is 5.11. The van der Waals surface area contributed by atoms with Crippen molar-refractivity contribution in [1.82, 2.24) is 14.9 Å². The monoisotopic (exact) mass is 519 g/mol.